The fourth-order valence-electron chi connectivity index (χ4n) is 2.64. The van der Waals surface area contributed by atoms with E-state index in [2.05, 4.69) is 20.9 Å². The van der Waals surface area contributed by atoms with E-state index in [9.17, 15) is 13.6 Å². The first-order chi connectivity index (χ1) is 12.0. The Bertz CT molecular complexity index is 763. The molecule has 0 unspecified atom stereocenters. The van der Waals surface area contributed by atoms with Crippen molar-refractivity contribution in [2.75, 3.05) is 13.1 Å². The van der Waals surface area contributed by atoms with Gasteiger partial charge in [0.25, 0.3) is 11.7 Å². The van der Waals surface area contributed by atoms with Crippen LogP contribution in [-0.4, -0.2) is 40.7 Å². The second-order valence-corrected chi connectivity index (χ2v) is 7.33. The molecule has 1 aromatic heterocycles. The van der Waals surface area contributed by atoms with Gasteiger partial charge in [-0.05, 0) is 40.2 Å². The number of carbonyl (C=O) groups is 1. The van der Waals surface area contributed by atoms with Crippen LogP contribution in [0.1, 0.15) is 16.8 Å². The third-order valence-corrected chi connectivity index (χ3v) is 5.16. The Kier molecular flexibility index (Phi) is 5.90. The van der Waals surface area contributed by atoms with Gasteiger partial charge in [-0.15, -0.1) is 0 Å². The fourth-order valence-corrected chi connectivity index (χ4v) is 3.62. The Hall–Kier alpha value is -1.67. The molecule has 1 aromatic carbocycles. The van der Waals surface area contributed by atoms with Gasteiger partial charge in [-0.25, -0.2) is 4.98 Å². The lowest BCUT2D eigenvalue weighted by atomic mass is 10.2. The zero-order chi connectivity index (χ0) is 17.8. The van der Waals surface area contributed by atoms with E-state index < -0.39 is 5.76 Å². The summed E-state index contributed by atoms with van der Waals surface area (Å²) in [6.45, 7) is 0.914. The molecule has 132 valence electrons. The molecule has 0 bridgehead atoms. The lowest BCUT2D eigenvalue weighted by molar-refractivity contribution is 0.0767. The first kappa shape index (κ1) is 18.1. The number of hydrogen-bond acceptors (Lipinski definition) is 4. The number of benzene rings is 1. The summed E-state index contributed by atoms with van der Waals surface area (Å²) in [5.74, 6) is -2.34. The minimum atomic E-state index is -2.56. The molecule has 0 N–H and O–H groups in total. The van der Waals surface area contributed by atoms with Crippen molar-refractivity contribution >= 4 is 33.6 Å². The number of halogens is 3. The molecule has 1 amide bonds. The molecule has 3 rings (SSSR count). The fraction of sp³-hybridized carbons (Fsp3) is 0.294. The van der Waals surface area contributed by atoms with Gasteiger partial charge in [-0.1, -0.05) is 23.9 Å². The number of likely N-dealkylation sites (tertiary alicyclic amines) is 1. The number of amides is 1. The predicted molar refractivity (Wildman–Crippen MR) is 95.2 cm³/mol. The molecule has 0 radical (unpaired) electrons. The Labute approximate surface area is 156 Å². The minimum Gasteiger partial charge on any atom is -0.472 e. The second-order valence-electron chi connectivity index (χ2n) is 5.44. The summed E-state index contributed by atoms with van der Waals surface area (Å²) in [5, 5.41) is 0. The average Bonchev–Trinajstić information content (AvgIpc) is 3.05. The lowest BCUT2D eigenvalue weighted by Gasteiger charge is -2.18. The molecule has 2 aromatic rings. The largest absolute Gasteiger partial charge is 0.472 e. The van der Waals surface area contributed by atoms with Crippen LogP contribution in [0.25, 0.3) is 0 Å². The number of pyridine rings is 1. The number of alkyl halides is 2. The maximum absolute atomic E-state index is 12.7. The van der Waals surface area contributed by atoms with E-state index in [1.54, 1.807) is 41.4 Å². The summed E-state index contributed by atoms with van der Waals surface area (Å²) < 4.78 is 32.0. The molecule has 0 spiro atoms. The summed E-state index contributed by atoms with van der Waals surface area (Å²) in [6, 6.07) is 10.1. The second kappa shape index (κ2) is 8.14. The number of hydrogen-bond donors (Lipinski definition) is 0. The third kappa shape index (κ3) is 4.49. The van der Waals surface area contributed by atoms with Gasteiger partial charge in [-0.2, -0.15) is 8.78 Å². The van der Waals surface area contributed by atoms with Crippen LogP contribution in [0.4, 0.5) is 8.78 Å². The Morgan fingerprint density at radius 1 is 1.32 bits per heavy atom. The van der Waals surface area contributed by atoms with E-state index in [1.807, 2.05) is 6.07 Å². The van der Waals surface area contributed by atoms with E-state index in [0.29, 0.717) is 47.6 Å². The third-order valence-electron chi connectivity index (χ3n) is 3.77. The summed E-state index contributed by atoms with van der Waals surface area (Å²) in [7, 11) is 0. The van der Waals surface area contributed by atoms with E-state index in [0.717, 1.165) is 4.47 Å². The van der Waals surface area contributed by atoms with Crippen LogP contribution >= 0.6 is 27.7 Å². The van der Waals surface area contributed by atoms with E-state index in [4.69, 9.17) is 4.74 Å². The molecule has 2 heterocycles. The number of rotatable bonds is 5. The molecule has 25 heavy (non-hydrogen) atoms. The summed E-state index contributed by atoms with van der Waals surface area (Å²) in [4.78, 5) is 18.8. The summed E-state index contributed by atoms with van der Waals surface area (Å²) >= 11 is 3.76. The normalized spacial score (nSPS) is 17.1. The van der Waals surface area contributed by atoms with Crippen LogP contribution in [0.3, 0.4) is 0 Å². The number of carbonyl (C=O) groups excluding carboxylic acids is 1. The highest BCUT2D eigenvalue weighted by Gasteiger charge is 2.30. The van der Waals surface area contributed by atoms with Crippen molar-refractivity contribution in [3.63, 3.8) is 0 Å². The topological polar surface area (TPSA) is 42.4 Å². The number of nitrogens with zero attached hydrogens (tertiary/aromatic N) is 2. The van der Waals surface area contributed by atoms with Crippen LogP contribution in [0.15, 0.2) is 52.0 Å². The number of thioether (sulfide) groups is 1. The Balaban J connectivity index is 1.68. The number of aromatic nitrogens is 1. The molecule has 0 aliphatic carbocycles. The quantitative estimate of drug-likeness (QED) is 0.659. The zero-order valence-electron chi connectivity index (χ0n) is 13.1. The zero-order valence-corrected chi connectivity index (χ0v) is 15.5. The highest BCUT2D eigenvalue weighted by atomic mass is 79.9. The van der Waals surface area contributed by atoms with Gasteiger partial charge in [0.2, 0.25) is 5.88 Å². The van der Waals surface area contributed by atoms with Crippen molar-refractivity contribution in [3.05, 3.63) is 52.6 Å². The van der Waals surface area contributed by atoms with Crippen LogP contribution in [0.5, 0.6) is 5.88 Å². The molecule has 0 saturated carbocycles. The van der Waals surface area contributed by atoms with Gasteiger partial charge in [0, 0.05) is 24.1 Å². The molecule has 1 fully saturated rings. The standard InChI is InChI=1S/C17H15BrF2N2O2S/c18-13-5-3-8-21-15(13)24-11-7-9-22(10-11)16(23)12-4-1-2-6-14(12)25-17(19)20/h1-6,8,11,17H,7,9-10H2/t11-/m0/s1. The molecule has 8 heteroatoms. The first-order valence-corrected chi connectivity index (χ1v) is 9.32. The van der Waals surface area contributed by atoms with Crippen LogP contribution < -0.4 is 4.74 Å². The number of ether oxygens (including phenoxy) is 1. The molecule has 4 nitrogen and oxygen atoms in total. The van der Waals surface area contributed by atoms with Crippen molar-refractivity contribution in [1.82, 2.24) is 9.88 Å². The minimum absolute atomic E-state index is 0.176. The molecular weight excluding hydrogens is 414 g/mol. The monoisotopic (exact) mass is 428 g/mol. The van der Waals surface area contributed by atoms with Crippen LogP contribution in [0.2, 0.25) is 0 Å². The van der Waals surface area contributed by atoms with Crippen molar-refractivity contribution in [1.29, 1.82) is 0 Å². The van der Waals surface area contributed by atoms with Crippen molar-refractivity contribution in [3.8, 4) is 5.88 Å². The maximum atomic E-state index is 12.7. The van der Waals surface area contributed by atoms with Gasteiger partial charge < -0.3 is 9.64 Å². The van der Waals surface area contributed by atoms with Crippen LogP contribution in [-0.2, 0) is 0 Å². The lowest BCUT2D eigenvalue weighted by Crippen LogP contribution is -2.31. The van der Waals surface area contributed by atoms with Gasteiger partial charge in [0.15, 0.2) is 0 Å². The summed E-state index contributed by atoms with van der Waals surface area (Å²) in [6.07, 6.45) is 2.12. The maximum Gasteiger partial charge on any atom is 0.288 e. The smallest absolute Gasteiger partial charge is 0.288 e. The van der Waals surface area contributed by atoms with E-state index in [1.165, 1.54) is 0 Å². The average molecular weight is 429 g/mol. The van der Waals surface area contributed by atoms with Gasteiger partial charge in [0.05, 0.1) is 16.6 Å². The van der Waals surface area contributed by atoms with Gasteiger partial charge in [0.1, 0.15) is 6.10 Å². The molecule has 1 atom stereocenters. The van der Waals surface area contributed by atoms with E-state index >= 15 is 0 Å². The van der Waals surface area contributed by atoms with Gasteiger partial charge in [-0.3, -0.25) is 4.79 Å². The highest BCUT2D eigenvalue weighted by Crippen LogP contribution is 2.30. The molecular formula is C17H15BrF2N2O2S. The Morgan fingerprint density at radius 2 is 2.12 bits per heavy atom. The molecule has 1 aliphatic rings. The van der Waals surface area contributed by atoms with Crippen molar-refractivity contribution < 1.29 is 18.3 Å². The molecule has 1 aliphatic heterocycles. The first-order valence-electron chi connectivity index (χ1n) is 7.65. The van der Waals surface area contributed by atoms with Crippen molar-refractivity contribution in [2.24, 2.45) is 0 Å². The van der Waals surface area contributed by atoms with Gasteiger partial charge >= 0.3 is 0 Å². The predicted octanol–water partition coefficient (Wildman–Crippen LogP) is 4.45. The highest BCUT2D eigenvalue weighted by molar-refractivity contribution is 9.10. The Morgan fingerprint density at radius 3 is 2.88 bits per heavy atom. The van der Waals surface area contributed by atoms with Crippen LogP contribution in [0, 0.1) is 0 Å². The summed E-state index contributed by atoms with van der Waals surface area (Å²) in [5.41, 5.74) is 0.299. The SMILES string of the molecule is O=C(c1ccccc1SC(F)F)N1CC[C@H](Oc2ncccc2Br)C1. The van der Waals surface area contributed by atoms with Crippen molar-refractivity contribution in [2.45, 2.75) is 23.2 Å². The van der Waals surface area contributed by atoms with E-state index in [-0.39, 0.29) is 12.0 Å². The molecule has 1 saturated heterocycles.